The van der Waals surface area contributed by atoms with Crippen molar-refractivity contribution in [2.75, 3.05) is 6.54 Å². The Hall–Kier alpha value is -2.22. The Morgan fingerprint density at radius 3 is 2.45 bits per heavy atom. The first-order valence-electron chi connectivity index (χ1n) is 9.30. The number of alkyl halides is 1. The van der Waals surface area contributed by atoms with Crippen LogP contribution in [0.1, 0.15) is 12.0 Å². The molecule has 0 amide bonds. The second-order valence-corrected chi connectivity index (χ2v) is 10.2. The van der Waals surface area contributed by atoms with Crippen LogP contribution in [-0.2, 0) is 26.2 Å². The highest BCUT2D eigenvalue weighted by molar-refractivity contribution is 9.09. The average Bonchev–Trinajstić information content (AvgIpc) is 3.15. The monoisotopic (exact) mass is 473 g/mol. The van der Waals surface area contributed by atoms with E-state index in [-0.39, 0.29) is 22.9 Å². The lowest BCUT2D eigenvalue weighted by Crippen LogP contribution is -2.41. The molecule has 1 aliphatic rings. The van der Waals surface area contributed by atoms with Crippen LogP contribution in [-0.4, -0.2) is 36.1 Å². The summed E-state index contributed by atoms with van der Waals surface area (Å²) in [6.45, 7) is 0.341. The molecular weight excluding hydrogens is 454 g/mol. The van der Waals surface area contributed by atoms with Gasteiger partial charge in [-0.3, -0.25) is 4.79 Å². The van der Waals surface area contributed by atoms with E-state index in [1.165, 1.54) is 4.31 Å². The summed E-state index contributed by atoms with van der Waals surface area (Å²) in [5, 5.41) is 1.80. The molecule has 1 saturated heterocycles. The number of halogens is 1. The van der Waals surface area contributed by atoms with E-state index < -0.39 is 22.0 Å². The van der Waals surface area contributed by atoms with Gasteiger partial charge in [-0.15, -0.1) is 0 Å². The van der Waals surface area contributed by atoms with Crippen molar-refractivity contribution in [1.82, 2.24) is 4.31 Å². The zero-order valence-corrected chi connectivity index (χ0v) is 18.0. The molecule has 1 fully saturated rings. The van der Waals surface area contributed by atoms with Crippen LogP contribution < -0.4 is 0 Å². The number of rotatable bonds is 5. The van der Waals surface area contributed by atoms with Crippen molar-refractivity contribution in [3.8, 4) is 0 Å². The van der Waals surface area contributed by atoms with Gasteiger partial charge in [0.15, 0.2) is 0 Å². The number of carbonyl (C=O) groups is 1. The summed E-state index contributed by atoms with van der Waals surface area (Å²) in [5.74, 6) is -0.528. The number of hydrogen-bond donors (Lipinski definition) is 0. The quantitative estimate of drug-likeness (QED) is 0.413. The summed E-state index contributed by atoms with van der Waals surface area (Å²) < 4.78 is 33.3. The molecule has 0 saturated carbocycles. The Morgan fingerprint density at radius 2 is 1.69 bits per heavy atom. The summed E-state index contributed by atoms with van der Waals surface area (Å²) >= 11 is 3.47. The summed E-state index contributed by atoms with van der Waals surface area (Å²) in [7, 11) is -3.84. The third-order valence-corrected chi connectivity index (χ3v) is 7.56. The van der Waals surface area contributed by atoms with E-state index in [2.05, 4.69) is 15.9 Å². The van der Waals surface area contributed by atoms with Crippen molar-refractivity contribution in [1.29, 1.82) is 0 Å². The molecular formula is C22H20BrNO4S. The summed E-state index contributed by atoms with van der Waals surface area (Å²) in [4.78, 5) is 12.8. The van der Waals surface area contributed by atoms with Crippen LogP contribution in [0.3, 0.4) is 0 Å². The molecule has 0 spiro atoms. The van der Waals surface area contributed by atoms with Crippen LogP contribution in [0.4, 0.5) is 0 Å². The Kier molecular flexibility index (Phi) is 5.72. The maximum Gasteiger partial charge on any atom is 0.324 e. The molecule has 0 aliphatic carbocycles. The first-order valence-corrected chi connectivity index (χ1v) is 11.7. The molecule has 150 valence electrons. The van der Waals surface area contributed by atoms with Crippen LogP contribution >= 0.6 is 15.9 Å². The number of ether oxygens (including phenoxy) is 1. The number of sulfonamides is 1. The van der Waals surface area contributed by atoms with Crippen molar-refractivity contribution < 1.29 is 17.9 Å². The third kappa shape index (κ3) is 4.22. The van der Waals surface area contributed by atoms with E-state index in [0.29, 0.717) is 6.42 Å². The fourth-order valence-electron chi connectivity index (χ4n) is 3.52. The summed E-state index contributed by atoms with van der Waals surface area (Å²) in [6, 6.07) is 21.1. The molecule has 5 nitrogen and oxygen atoms in total. The highest BCUT2D eigenvalue weighted by Crippen LogP contribution is 2.31. The molecule has 3 aromatic rings. The minimum absolute atomic E-state index is 0.105. The molecule has 7 heteroatoms. The zero-order valence-electron chi connectivity index (χ0n) is 15.6. The van der Waals surface area contributed by atoms with E-state index in [4.69, 9.17) is 4.74 Å². The first-order chi connectivity index (χ1) is 13.9. The Balaban J connectivity index is 1.57. The van der Waals surface area contributed by atoms with Gasteiger partial charge in [0, 0.05) is 11.4 Å². The maximum atomic E-state index is 13.3. The molecule has 1 heterocycles. The van der Waals surface area contributed by atoms with Crippen LogP contribution in [0.2, 0.25) is 0 Å². The highest BCUT2D eigenvalue weighted by atomic mass is 79.9. The van der Waals surface area contributed by atoms with Crippen molar-refractivity contribution >= 4 is 42.7 Å². The molecule has 0 radical (unpaired) electrons. The molecule has 29 heavy (non-hydrogen) atoms. The molecule has 1 aliphatic heterocycles. The van der Waals surface area contributed by atoms with Gasteiger partial charge in [0.25, 0.3) is 0 Å². The fourth-order valence-corrected chi connectivity index (χ4v) is 6.05. The van der Waals surface area contributed by atoms with Gasteiger partial charge in [0.2, 0.25) is 10.0 Å². The fraction of sp³-hybridized carbons (Fsp3) is 0.227. The minimum atomic E-state index is -3.84. The van der Waals surface area contributed by atoms with Crippen molar-refractivity contribution in [3.63, 3.8) is 0 Å². The highest BCUT2D eigenvalue weighted by Gasteiger charge is 2.44. The molecule has 0 bridgehead atoms. The van der Waals surface area contributed by atoms with E-state index in [1.807, 2.05) is 54.6 Å². The predicted molar refractivity (Wildman–Crippen MR) is 115 cm³/mol. The number of hydrogen-bond acceptors (Lipinski definition) is 4. The lowest BCUT2D eigenvalue weighted by Gasteiger charge is -2.23. The minimum Gasteiger partial charge on any atom is -0.460 e. The van der Waals surface area contributed by atoms with Crippen molar-refractivity contribution in [2.45, 2.75) is 28.8 Å². The molecule has 3 aromatic carbocycles. The zero-order chi connectivity index (χ0) is 20.4. The lowest BCUT2D eigenvalue weighted by molar-refractivity contribution is -0.148. The van der Waals surface area contributed by atoms with Gasteiger partial charge in [-0.1, -0.05) is 76.6 Å². The molecule has 2 atom stereocenters. The van der Waals surface area contributed by atoms with E-state index in [0.717, 1.165) is 16.3 Å². The van der Waals surface area contributed by atoms with E-state index in [1.54, 1.807) is 18.2 Å². The maximum absolute atomic E-state index is 13.3. The second kappa shape index (κ2) is 8.26. The first kappa shape index (κ1) is 20.1. The Bertz CT molecular complexity index is 1130. The van der Waals surface area contributed by atoms with Crippen LogP contribution in [0.5, 0.6) is 0 Å². The third-order valence-electron chi connectivity index (χ3n) is 5.03. The van der Waals surface area contributed by atoms with Gasteiger partial charge < -0.3 is 4.74 Å². The van der Waals surface area contributed by atoms with E-state index >= 15 is 0 Å². The normalized spacial score (nSPS) is 20.0. The van der Waals surface area contributed by atoms with Gasteiger partial charge in [0.1, 0.15) is 12.6 Å². The van der Waals surface area contributed by atoms with E-state index in [9.17, 15) is 13.2 Å². The SMILES string of the molecule is O=C(OCc1ccccc1)[C@@H]1C[C@H](Br)CN1S(=O)(=O)c1ccc2ccccc2c1. The van der Waals surface area contributed by atoms with Crippen molar-refractivity contribution in [3.05, 3.63) is 78.4 Å². The lowest BCUT2D eigenvalue weighted by atomic mass is 10.1. The molecule has 4 rings (SSSR count). The van der Waals surface area contributed by atoms with Gasteiger partial charge in [-0.2, -0.15) is 4.31 Å². The van der Waals surface area contributed by atoms with Gasteiger partial charge in [-0.25, -0.2) is 8.42 Å². The molecule has 0 aromatic heterocycles. The van der Waals surface area contributed by atoms with Crippen LogP contribution in [0, 0.1) is 0 Å². The number of esters is 1. The van der Waals surface area contributed by atoms with Crippen LogP contribution in [0.25, 0.3) is 10.8 Å². The largest absolute Gasteiger partial charge is 0.460 e. The summed E-state index contributed by atoms with van der Waals surface area (Å²) in [5.41, 5.74) is 0.859. The summed E-state index contributed by atoms with van der Waals surface area (Å²) in [6.07, 6.45) is 0.375. The Labute approximate surface area is 178 Å². The number of carbonyl (C=O) groups excluding carboxylic acids is 1. The number of fused-ring (bicyclic) bond motifs is 1. The Morgan fingerprint density at radius 1 is 1.00 bits per heavy atom. The molecule has 0 unspecified atom stereocenters. The van der Waals surface area contributed by atoms with Gasteiger partial charge in [0.05, 0.1) is 4.90 Å². The standard InChI is InChI=1S/C22H20BrNO4S/c23-19-13-21(22(25)28-15-16-6-2-1-3-7-16)24(14-19)29(26,27)20-11-10-17-8-4-5-9-18(17)12-20/h1-12,19,21H,13-15H2/t19-,21-/m0/s1. The van der Waals surface area contributed by atoms with Crippen LogP contribution in [0.15, 0.2) is 77.7 Å². The smallest absolute Gasteiger partial charge is 0.324 e. The van der Waals surface area contributed by atoms with Gasteiger partial charge in [-0.05, 0) is 34.9 Å². The predicted octanol–water partition coefficient (Wildman–Crippen LogP) is 4.11. The number of nitrogens with zero attached hydrogens (tertiary/aromatic N) is 1. The number of benzene rings is 3. The average molecular weight is 474 g/mol. The molecule has 0 N–H and O–H groups in total. The van der Waals surface area contributed by atoms with Crippen molar-refractivity contribution in [2.24, 2.45) is 0 Å². The topological polar surface area (TPSA) is 63.7 Å². The second-order valence-electron chi connectivity index (χ2n) is 7.03. The van der Waals surface area contributed by atoms with Gasteiger partial charge >= 0.3 is 5.97 Å².